The van der Waals surface area contributed by atoms with Crippen molar-refractivity contribution in [1.82, 2.24) is 0 Å². The molecule has 0 aromatic heterocycles. The number of nitrogens with two attached hydrogens (primary N) is 1. The highest BCUT2D eigenvalue weighted by Gasteiger charge is 2.46. The predicted octanol–water partition coefficient (Wildman–Crippen LogP) is 2.78. The Labute approximate surface area is 90.5 Å². The molecule has 0 amide bonds. The minimum absolute atomic E-state index is 0.102. The summed E-state index contributed by atoms with van der Waals surface area (Å²) < 4.78 is 14.6. The lowest BCUT2D eigenvalue weighted by molar-refractivity contribution is 0.143. The highest BCUT2D eigenvalue weighted by atomic mass is 19.1. The lowest BCUT2D eigenvalue weighted by Crippen LogP contribution is -2.32. The first-order chi connectivity index (χ1) is 7.20. The van der Waals surface area contributed by atoms with Crippen molar-refractivity contribution in [1.29, 1.82) is 0 Å². The Balaban J connectivity index is 2.33. The van der Waals surface area contributed by atoms with E-state index >= 15 is 0 Å². The molecule has 2 N–H and O–H groups in total. The van der Waals surface area contributed by atoms with Crippen LogP contribution in [0, 0.1) is 5.92 Å². The van der Waals surface area contributed by atoms with Crippen molar-refractivity contribution in [3.63, 3.8) is 0 Å². The van der Waals surface area contributed by atoms with Crippen LogP contribution in [0.1, 0.15) is 30.9 Å². The molecule has 1 atom stereocenters. The van der Waals surface area contributed by atoms with E-state index in [1.165, 1.54) is 5.56 Å². The smallest absolute Gasteiger partial charge is 0.150 e. The molecule has 2 rings (SSSR count). The van der Waals surface area contributed by atoms with Gasteiger partial charge < -0.3 is 5.73 Å². The largest absolute Gasteiger partial charge is 0.327 e. The van der Waals surface area contributed by atoms with E-state index in [-0.39, 0.29) is 12.5 Å². The topological polar surface area (TPSA) is 26.0 Å². The number of hydrogen-bond acceptors (Lipinski definition) is 1. The molecule has 0 saturated heterocycles. The zero-order valence-electron chi connectivity index (χ0n) is 9.17. The molecule has 1 nitrogen and oxygen atoms in total. The van der Waals surface area contributed by atoms with E-state index in [0.717, 1.165) is 24.8 Å². The molecule has 0 bridgehead atoms. The van der Waals surface area contributed by atoms with Crippen LogP contribution < -0.4 is 5.73 Å². The van der Waals surface area contributed by atoms with Gasteiger partial charge in [-0.3, -0.25) is 0 Å². The van der Waals surface area contributed by atoms with Crippen LogP contribution >= 0.6 is 0 Å². The van der Waals surface area contributed by atoms with E-state index in [0.29, 0.717) is 0 Å². The Morgan fingerprint density at radius 1 is 1.47 bits per heavy atom. The van der Waals surface area contributed by atoms with E-state index in [1.807, 2.05) is 24.3 Å². The van der Waals surface area contributed by atoms with Crippen molar-refractivity contribution >= 4 is 0 Å². The number of alkyl halides is 1. The molecule has 1 unspecified atom stereocenters. The highest BCUT2D eigenvalue weighted by molar-refractivity contribution is 5.30. The van der Waals surface area contributed by atoms with Crippen molar-refractivity contribution in [2.24, 2.45) is 11.7 Å². The summed E-state index contributed by atoms with van der Waals surface area (Å²) in [7, 11) is 0. The first kappa shape index (κ1) is 10.6. The number of rotatable bonds is 4. The molecule has 1 aromatic rings. The maximum atomic E-state index is 14.6. The molecule has 82 valence electrons. The van der Waals surface area contributed by atoms with Crippen LogP contribution in [-0.2, 0) is 12.1 Å². The summed E-state index contributed by atoms with van der Waals surface area (Å²) in [5, 5.41) is 0. The van der Waals surface area contributed by atoms with Gasteiger partial charge in [-0.2, -0.15) is 0 Å². The van der Waals surface area contributed by atoms with Gasteiger partial charge in [-0.15, -0.1) is 0 Å². The van der Waals surface area contributed by atoms with Crippen LogP contribution in [0.3, 0.4) is 0 Å². The van der Waals surface area contributed by atoms with Crippen LogP contribution in [0.15, 0.2) is 24.3 Å². The maximum Gasteiger partial charge on any atom is 0.150 e. The van der Waals surface area contributed by atoms with Gasteiger partial charge in [0.1, 0.15) is 0 Å². The van der Waals surface area contributed by atoms with Crippen molar-refractivity contribution in [2.45, 2.75) is 31.9 Å². The second-order valence-corrected chi connectivity index (χ2v) is 4.39. The summed E-state index contributed by atoms with van der Waals surface area (Å²) in [6.07, 6.45) is 2.90. The molecule has 1 aliphatic carbocycles. The molecule has 0 aliphatic heterocycles. The van der Waals surface area contributed by atoms with Gasteiger partial charge in [-0.25, -0.2) is 4.39 Å². The predicted molar refractivity (Wildman–Crippen MR) is 60.4 cm³/mol. The van der Waals surface area contributed by atoms with Gasteiger partial charge in [0.05, 0.1) is 0 Å². The van der Waals surface area contributed by atoms with Crippen molar-refractivity contribution in [3.8, 4) is 0 Å². The van der Waals surface area contributed by atoms with E-state index < -0.39 is 5.67 Å². The molecule has 1 aliphatic rings. The Morgan fingerprint density at radius 2 is 2.20 bits per heavy atom. The quantitative estimate of drug-likeness (QED) is 0.807. The van der Waals surface area contributed by atoms with Crippen LogP contribution in [-0.4, -0.2) is 6.54 Å². The second-order valence-electron chi connectivity index (χ2n) is 4.39. The lowest BCUT2D eigenvalue weighted by Gasteiger charge is -2.24. The zero-order valence-corrected chi connectivity index (χ0v) is 9.17. The van der Waals surface area contributed by atoms with E-state index in [9.17, 15) is 4.39 Å². The van der Waals surface area contributed by atoms with Gasteiger partial charge >= 0.3 is 0 Å². The third-order valence-corrected chi connectivity index (χ3v) is 3.34. The molecule has 0 heterocycles. The van der Waals surface area contributed by atoms with E-state index in [4.69, 9.17) is 5.73 Å². The molecular formula is C13H18FN. The Bertz CT molecular complexity index is 346. The number of aryl methyl sites for hydroxylation is 1. The maximum absolute atomic E-state index is 14.6. The van der Waals surface area contributed by atoms with Crippen molar-refractivity contribution in [3.05, 3.63) is 35.4 Å². The van der Waals surface area contributed by atoms with Crippen molar-refractivity contribution in [2.75, 3.05) is 6.54 Å². The van der Waals surface area contributed by atoms with Gasteiger partial charge in [-0.05, 0) is 36.3 Å². The fourth-order valence-corrected chi connectivity index (χ4v) is 2.11. The second kappa shape index (κ2) is 3.93. The van der Waals surface area contributed by atoms with Crippen LogP contribution in [0.2, 0.25) is 0 Å². The summed E-state index contributed by atoms with van der Waals surface area (Å²) in [4.78, 5) is 0. The summed E-state index contributed by atoms with van der Waals surface area (Å²) in [5.41, 5.74) is 6.26. The Morgan fingerprint density at radius 3 is 2.73 bits per heavy atom. The fraction of sp³-hybridized carbons (Fsp3) is 0.538. The number of hydrogen-bond donors (Lipinski definition) is 1. The van der Waals surface area contributed by atoms with Gasteiger partial charge in [0, 0.05) is 6.54 Å². The first-order valence-corrected chi connectivity index (χ1v) is 5.69. The monoisotopic (exact) mass is 207 g/mol. The first-order valence-electron chi connectivity index (χ1n) is 5.69. The highest BCUT2D eigenvalue weighted by Crippen LogP contribution is 2.48. The summed E-state index contributed by atoms with van der Waals surface area (Å²) in [6, 6.07) is 7.80. The SMILES string of the molecule is CCc1cccc(C(F)(CN)C2CC2)c1. The molecule has 1 saturated carbocycles. The minimum atomic E-state index is -1.29. The van der Waals surface area contributed by atoms with Crippen LogP contribution in [0.25, 0.3) is 0 Å². The fourth-order valence-electron chi connectivity index (χ4n) is 2.11. The molecule has 15 heavy (non-hydrogen) atoms. The van der Waals surface area contributed by atoms with Crippen LogP contribution in [0.5, 0.6) is 0 Å². The average Bonchev–Trinajstić information content (AvgIpc) is 3.12. The molecule has 0 radical (unpaired) electrons. The average molecular weight is 207 g/mol. The van der Waals surface area contributed by atoms with Crippen LogP contribution in [0.4, 0.5) is 4.39 Å². The van der Waals surface area contributed by atoms with E-state index in [1.54, 1.807) is 0 Å². The standard InChI is InChI=1S/C13H18FN/c1-2-10-4-3-5-12(8-10)13(14,9-15)11-6-7-11/h3-5,8,11H,2,6-7,9,15H2,1H3. The van der Waals surface area contributed by atoms with Gasteiger partial charge in [-0.1, -0.05) is 31.2 Å². The lowest BCUT2D eigenvalue weighted by atomic mass is 9.89. The van der Waals surface area contributed by atoms with Gasteiger partial charge in [0.2, 0.25) is 0 Å². The molecule has 1 fully saturated rings. The number of halogens is 1. The summed E-state index contributed by atoms with van der Waals surface area (Å²) >= 11 is 0. The third-order valence-electron chi connectivity index (χ3n) is 3.34. The van der Waals surface area contributed by atoms with E-state index in [2.05, 4.69) is 6.92 Å². The third kappa shape index (κ3) is 1.91. The summed E-state index contributed by atoms with van der Waals surface area (Å²) in [5.74, 6) is 0.148. The molecule has 2 heteroatoms. The molecular weight excluding hydrogens is 189 g/mol. The zero-order chi connectivity index (χ0) is 10.9. The summed E-state index contributed by atoms with van der Waals surface area (Å²) in [6.45, 7) is 2.18. The van der Waals surface area contributed by atoms with Gasteiger partial charge in [0.25, 0.3) is 0 Å². The molecule has 0 spiro atoms. The number of benzene rings is 1. The molecule has 1 aromatic carbocycles. The van der Waals surface area contributed by atoms with Gasteiger partial charge in [0.15, 0.2) is 5.67 Å². The minimum Gasteiger partial charge on any atom is -0.327 e. The Hall–Kier alpha value is -0.890. The normalized spacial score (nSPS) is 19.9. The van der Waals surface area contributed by atoms with Crippen molar-refractivity contribution < 1.29 is 4.39 Å². The Kier molecular flexibility index (Phi) is 2.79.